The van der Waals surface area contributed by atoms with Crippen LogP contribution in [-0.4, -0.2) is 11.9 Å². The Morgan fingerprint density at radius 3 is 2.52 bits per heavy atom. The van der Waals surface area contributed by atoms with Gasteiger partial charge in [-0.25, -0.2) is 0 Å². The van der Waals surface area contributed by atoms with Gasteiger partial charge in [0.25, 0.3) is 0 Å². The van der Waals surface area contributed by atoms with Crippen molar-refractivity contribution in [2.45, 2.75) is 52.0 Å². The van der Waals surface area contributed by atoms with Crippen LogP contribution in [0.3, 0.4) is 0 Å². The van der Waals surface area contributed by atoms with E-state index >= 15 is 0 Å². The molecule has 1 aromatic carbocycles. The number of anilines is 1. The molecule has 1 aromatic rings. The first-order chi connectivity index (χ1) is 10.1. The molecule has 21 heavy (non-hydrogen) atoms. The topological polar surface area (TPSA) is 55.1 Å². The van der Waals surface area contributed by atoms with E-state index in [4.69, 9.17) is 5.73 Å². The smallest absolute Gasteiger partial charge is 0.227 e. The molecule has 3 nitrogen and oxygen atoms in total. The SMILES string of the molecule is Cc1cccc(NC(=O)C2CC3CCCC(C2)C3N)c1C. The molecule has 1 amide bonds. The molecule has 2 fully saturated rings. The molecule has 2 aliphatic carbocycles. The summed E-state index contributed by atoms with van der Waals surface area (Å²) in [5.74, 6) is 1.42. The fourth-order valence-corrected chi connectivity index (χ4v) is 4.12. The lowest BCUT2D eigenvalue weighted by Crippen LogP contribution is -2.48. The van der Waals surface area contributed by atoms with Crippen LogP contribution in [0, 0.1) is 31.6 Å². The van der Waals surface area contributed by atoms with Gasteiger partial charge in [0, 0.05) is 17.6 Å². The Morgan fingerprint density at radius 2 is 1.86 bits per heavy atom. The van der Waals surface area contributed by atoms with Gasteiger partial charge in [-0.2, -0.15) is 0 Å². The standard InChI is InChI=1S/C18H26N2O/c1-11-5-3-8-16(12(11)2)20-18(21)15-9-13-6-4-7-14(10-15)17(13)19/h3,5,8,13-15,17H,4,6-7,9-10,19H2,1-2H3,(H,20,21). The van der Waals surface area contributed by atoms with Crippen molar-refractivity contribution in [3.05, 3.63) is 29.3 Å². The third-order valence-electron chi connectivity index (χ3n) is 5.65. The summed E-state index contributed by atoms with van der Waals surface area (Å²) in [5.41, 5.74) is 9.65. The van der Waals surface area contributed by atoms with Gasteiger partial charge in [-0.1, -0.05) is 18.6 Å². The number of rotatable bonds is 2. The lowest BCUT2D eigenvalue weighted by molar-refractivity contribution is -0.122. The quantitative estimate of drug-likeness (QED) is 0.875. The number of fused-ring (bicyclic) bond motifs is 2. The second kappa shape index (κ2) is 5.80. The predicted molar refractivity (Wildman–Crippen MR) is 86.1 cm³/mol. The molecule has 0 radical (unpaired) electrons. The fourth-order valence-electron chi connectivity index (χ4n) is 4.12. The highest BCUT2D eigenvalue weighted by Crippen LogP contribution is 2.42. The van der Waals surface area contributed by atoms with E-state index in [1.165, 1.54) is 30.4 Å². The number of amides is 1. The molecule has 2 atom stereocenters. The average molecular weight is 286 g/mol. The molecular weight excluding hydrogens is 260 g/mol. The van der Waals surface area contributed by atoms with Crippen molar-refractivity contribution in [1.82, 2.24) is 0 Å². The first-order valence-corrected chi connectivity index (χ1v) is 8.19. The molecule has 3 N–H and O–H groups in total. The Hall–Kier alpha value is -1.35. The van der Waals surface area contributed by atoms with Gasteiger partial charge in [-0.05, 0) is 68.6 Å². The zero-order valence-corrected chi connectivity index (χ0v) is 13.1. The van der Waals surface area contributed by atoms with Crippen LogP contribution in [0.2, 0.25) is 0 Å². The number of benzene rings is 1. The number of aryl methyl sites for hydroxylation is 1. The maximum atomic E-state index is 12.6. The van der Waals surface area contributed by atoms with E-state index in [0.29, 0.717) is 17.9 Å². The zero-order valence-electron chi connectivity index (χ0n) is 13.1. The van der Waals surface area contributed by atoms with Crippen molar-refractivity contribution in [1.29, 1.82) is 0 Å². The zero-order chi connectivity index (χ0) is 15.0. The summed E-state index contributed by atoms with van der Waals surface area (Å²) in [6, 6.07) is 6.40. The molecule has 3 heteroatoms. The van der Waals surface area contributed by atoms with Gasteiger partial charge in [0.05, 0.1) is 0 Å². The molecule has 2 unspecified atom stereocenters. The third-order valence-corrected chi connectivity index (χ3v) is 5.65. The summed E-state index contributed by atoms with van der Waals surface area (Å²) in [4.78, 5) is 12.6. The van der Waals surface area contributed by atoms with Crippen molar-refractivity contribution in [3.63, 3.8) is 0 Å². The van der Waals surface area contributed by atoms with Crippen molar-refractivity contribution in [2.75, 3.05) is 5.32 Å². The highest BCUT2D eigenvalue weighted by Gasteiger charge is 2.40. The summed E-state index contributed by atoms with van der Waals surface area (Å²) in [6.45, 7) is 4.14. The number of nitrogens with one attached hydrogen (secondary N) is 1. The molecule has 0 spiro atoms. The number of carbonyl (C=O) groups is 1. The Balaban J connectivity index is 1.70. The molecule has 2 bridgehead atoms. The van der Waals surface area contributed by atoms with E-state index < -0.39 is 0 Å². The number of carbonyl (C=O) groups excluding carboxylic acids is 1. The van der Waals surface area contributed by atoms with E-state index in [-0.39, 0.29) is 11.8 Å². The van der Waals surface area contributed by atoms with Gasteiger partial charge < -0.3 is 11.1 Å². The molecule has 2 aliphatic rings. The minimum absolute atomic E-state index is 0.139. The van der Waals surface area contributed by atoms with Gasteiger partial charge in [0.15, 0.2) is 0 Å². The Kier molecular flexibility index (Phi) is 4.03. The molecule has 0 saturated heterocycles. The minimum Gasteiger partial charge on any atom is -0.327 e. The third kappa shape index (κ3) is 2.84. The highest BCUT2D eigenvalue weighted by atomic mass is 16.1. The van der Waals surface area contributed by atoms with Gasteiger partial charge in [-0.15, -0.1) is 0 Å². The van der Waals surface area contributed by atoms with Gasteiger partial charge in [0.1, 0.15) is 0 Å². The summed E-state index contributed by atoms with van der Waals surface area (Å²) in [7, 11) is 0. The first kappa shape index (κ1) is 14.6. The van der Waals surface area contributed by atoms with Crippen LogP contribution in [0.4, 0.5) is 5.69 Å². The van der Waals surface area contributed by atoms with E-state index in [1.807, 2.05) is 12.1 Å². The predicted octanol–water partition coefficient (Wildman–Crippen LogP) is 3.40. The monoisotopic (exact) mass is 286 g/mol. The average Bonchev–Trinajstić information content (AvgIpc) is 2.43. The van der Waals surface area contributed by atoms with Crippen LogP contribution >= 0.6 is 0 Å². The Labute approximate surface area is 127 Å². The van der Waals surface area contributed by atoms with Crippen LogP contribution < -0.4 is 11.1 Å². The molecule has 3 rings (SSSR count). The van der Waals surface area contributed by atoms with E-state index in [9.17, 15) is 4.79 Å². The second-order valence-electron chi connectivity index (χ2n) is 6.93. The van der Waals surface area contributed by atoms with Crippen molar-refractivity contribution in [3.8, 4) is 0 Å². The molecule has 0 heterocycles. The van der Waals surface area contributed by atoms with Gasteiger partial charge in [-0.3, -0.25) is 4.79 Å². The summed E-state index contributed by atoms with van der Waals surface area (Å²) in [6.07, 6.45) is 5.62. The highest BCUT2D eigenvalue weighted by molar-refractivity contribution is 5.93. The lowest BCUT2D eigenvalue weighted by atomic mass is 9.65. The molecule has 0 aliphatic heterocycles. The number of hydrogen-bond acceptors (Lipinski definition) is 2. The normalized spacial score (nSPS) is 31.8. The van der Waals surface area contributed by atoms with Crippen LogP contribution in [0.5, 0.6) is 0 Å². The van der Waals surface area contributed by atoms with Gasteiger partial charge in [0.2, 0.25) is 5.91 Å². The minimum atomic E-state index is 0.139. The number of hydrogen-bond donors (Lipinski definition) is 2. The van der Waals surface area contributed by atoms with Crippen LogP contribution in [-0.2, 0) is 4.79 Å². The van der Waals surface area contributed by atoms with Crippen LogP contribution in [0.15, 0.2) is 18.2 Å². The summed E-state index contributed by atoms with van der Waals surface area (Å²) in [5, 5.41) is 3.15. The molecule has 0 aromatic heterocycles. The Morgan fingerprint density at radius 1 is 1.19 bits per heavy atom. The maximum absolute atomic E-state index is 12.6. The lowest BCUT2D eigenvalue weighted by Gasteiger charge is -2.43. The first-order valence-electron chi connectivity index (χ1n) is 8.19. The van der Waals surface area contributed by atoms with Crippen molar-refractivity contribution < 1.29 is 4.79 Å². The van der Waals surface area contributed by atoms with E-state index in [0.717, 1.165) is 18.5 Å². The molecule has 2 saturated carbocycles. The maximum Gasteiger partial charge on any atom is 0.227 e. The number of nitrogens with two attached hydrogens (primary N) is 1. The fraction of sp³-hybridized carbons (Fsp3) is 0.611. The summed E-state index contributed by atoms with van der Waals surface area (Å²) < 4.78 is 0. The molecular formula is C18H26N2O. The van der Waals surface area contributed by atoms with E-state index in [2.05, 4.69) is 25.2 Å². The Bertz CT molecular complexity index is 526. The van der Waals surface area contributed by atoms with E-state index in [1.54, 1.807) is 0 Å². The van der Waals surface area contributed by atoms with Crippen molar-refractivity contribution in [2.24, 2.45) is 23.5 Å². The van der Waals surface area contributed by atoms with Crippen molar-refractivity contribution >= 4 is 11.6 Å². The van der Waals surface area contributed by atoms with Gasteiger partial charge >= 0.3 is 0 Å². The second-order valence-corrected chi connectivity index (χ2v) is 6.93. The molecule has 114 valence electrons. The largest absolute Gasteiger partial charge is 0.327 e. The van der Waals surface area contributed by atoms with Crippen LogP contribution in [0.1, 0.15) is 43.2 Å². The summed E-state index contributed by atoms with van der Waals surface area (Å²) >= 11 is 0. The van der Waals surface area contributed by atoms with Crippen LogP contribution in [0.25, 0.3) is 0 Å².